The molecular formula is C28H45N3. The third-order valence-electron chi connectivity index (χ3n) is 7.81. The van der Waals surface area contributed by atoms with E-state index in [9.17, 15) is 0 Å². The molecule has 0 radical (unpaired) electrons. The van der Waals surface area contributed by atoms with Crippen LogP contribution in [0.25, 0.3) is 0 Å². The minimum absolute atomic E-state index is 0.417. The van der Waals surface area contributed by atoms with Gasteiger partial charge >= 0.3 is 0 Å². The lowest BCUT2D eigenvalue weighted by molar-refractivity contribution is 0.143. The number of aromatic nitrogens is 1. The molecule has 0 bridgehead atoms. The topological polar surface area (TPSA) is 37.6 Å². The molecule has 1 aromatic rings. The molecular weight excluding hydrogens is 378 g/mol. The van der Waals surface area contributed by atoms with E-state index in [2.05, 4.69) is 59.7 Å². The molecule has 2 aliphatic carbocycles. The maximum absolute atomic E-state index is 5.35. The molecule has 3 rings (SSSR count). The number of hydrogen-bond donors (Lipinski definition) is 0. The minimum atomic E-state index is 0.417. The molecule has 0 N–H and O–H groups in total. The van der Waals surface area contributed by atoms with Crippen molar-refractivity contribution in [2.24, 2.45) is 39.6 Å². The van der Waals surface area contributed by atoms with Crippen molar-refractivity contribution in [3.8, 4) is 0 Å². The molecule has 0 aromatic carbocycles. The third kappa shape index (κ3) is 6.49. The van der Waals surface area contributed by atoms with E-state index in [0.717, 1.165) is 35.3 Å². The van der Waals surface area contributed by atoms with Crippen LogP contribution in [0.4, 0.5) is 0 Å². The standard InChI is InChI=1S/C28H45N3/c1-19(2)24-14-10-15-25(20(3)4)28(24)30-22(6)27-17-11-16-26(31-27)21(5)29-18-23-12-8-7-9-13-23/h11,16-17,19-20,23-25,28H,7-10,12-15,18H2,1-6H3. The summed E-state index contributed by atoms with van der Waals surface area (Å²) >= 11 is 0. The number of aliphatic imine (C=N–C) groups is 2. The summed E-state index contributed by atoms with van der Waals surface area (Å²) in [5, 5.41) is 0. The van der Waals surface area contributed by atoms with Crippen molar-refractivity contribution in [3.63, 3.8) is 0 Å². The predicted octanol–water partition coefficient (Wildman–Crippen LogP) is 7.38. The molecule has 1 heterocycles. The highest BCUT2D eigenvalue weighted by Gasteiger charge is 2.36. The zero-order valence-electron chi connectivity index (χ0n) is 20.9. The Hall–Kier alpha value is -1.51. The summed E-state index contributed by atoms with van der Waals surface area (Å²) in [6, 6.07) is 6.76. The van der Waals surface area contributed by atoms with Crippen LogP contribution in [-0.2, 0) is 0 Å². The highest BCUT2D eigenvalue weighted by atomic mass is 14.9. The number of pyridine rings is 1. The van der Waals surface area contributed by atoms with E-state index >= 15 is 0 Å². The number of nitrogens with zero attached hydrogens (tertiary/aromatic N) is 3. The summed E-state index contributed by atoms with van der Waals surface area (Å²) < 4.78 is 0. The minimum Gasteiger partial charge on any atom is -0.288 e. The predicted molar refractivity (Wildman–Crippen MR) is 134 cm³/mol. The Balaban J connectivity index is 1.78. The van der Waals surface area contributed by atoms with Gasteiger partial charge < -0.3 is 0 Å². The largest absolute Gasteiger partial charge is 0.288 e. The SMILES string of the molecule is CC(=NCC1CCCCC1)c1cccc(C(C)=NC2C(C(C)C)CCCC2C(C)C)n1. The average molecular weight is 424 g/mol. The molecule has 172 valence electrons. The lowest BCUT2D eigenvalue weighted by atomic mass is 9.69. The fraction of sp³-hybridized carbons (Fsp3) is 0.750. The zero-order chi connectivity index (χ0) is 22.4. The first-order chi connectivity index (χ1) is 14.9. The zero-order valence-corrected chi connectivity index (χ0v) is 20.9. The smallest absolute Gasteiger partial charge is 0.0845 e. The van der Waals surface area contributed by atoms with Gasteiger partial charge in [-0.3, -0.25) is 9.98 Å². The maximum atomic E-state index is 5.35. The van der Waals surface area contributed by atoms with Crippen LogP contribution in [0.5, 0.6) is 0 Å². The molecule has 0 amide bonds. The molecule has 2 atom stereocenters. The summed E-state index contributed by atoms with van der Waals surface area (Å²) in [5.74, 6) is 3.48. The van der Waals surface area contributed by atoms with Gasteiger partial charge in [0.2, 0.25) is 0 Å². The summed E-state index contributed by atoms with van der Waals surface area (Å²) in [7, 11) is 0. The van der Waals surface area contributed by atoms with E-state index in [-0.39, 0.29) is 0 Å². The van der Waals surface area contributed by atoms with Crippen LogP contribution in [0.2, 0.25) is 0 Å². The van der Waals surface area contributed by atoms with Crippen molar-refractivity contribution in [1.82, 2.24) is 4.98 Å². The molecule has 2 saturated carbocycles. The van der Waals surface area contributed by atoms with E-state index in [0.29, 0.717) is 29.7 Å². The van der Waals surface area contributed by atoms with E-state index in [1.54, 1.807) is 0 Å². The van der Waals surface area contributed by atoms with E-state index in [1.807, 2.05) is 0 Å². The van der Waals surface area contributed by atoms with Gasteiger partial charge in [0.05, 0.1) is 28.9 Å². The second kappa shape index (κ2) is 11.4. The molecule has 0 saturated heterocycles. The summed E-state index contributed by atoms with van der Waals surface area (Å²) in [5.41, 5.74) is 4.18. The van der Waals surface area contributed by atoms with Gasteiger partial charge in [-0.25, -0.2) is 4.98 Å². The monoisotopic (exact) mass is 423 g/mol. The second-order valence-electron chi connectivity index (χ2n) is 10.8. The van der Waals surface area contributed by atoms with Crippen molar-refractivity contribution in [1.29, 1.82) is 0 Å². The Kier molecular flexibility index (Phi) is 8.86. The Bertz CT molecular complexity index is 739. The fourth-order valence-corrected chi connectivity index (χ4v) is 5.74. The second-order valence-corrected chi connectivity index (χ2v) is 10.8. The van der Waals surface area contributed by atoms with Crippen molar-refractivity contribution < 1.29 is 0 Å². The van der Waals surface area contributed by atoms with Crippen LogP contribution < -0.4 is 0 Å². The lowest BCUT2D eigenvalue weighted by Crippen LogP contribution is -2.38. The Morgan fingerprint density at radius 3 is 2.00 bits per heavy atom. The van der Waals surface area contributed by atoms with Crippen LogP contribution in [0.1, 0.15) is 104 Å². The molecule has 0 aliphatic heterocycles. The maximum Gasteiger partial charge on any atom is 0.0845 e. The van der Waals surface area contributed by atoms with Gasteiger partial charge in [-0.05, 0) is 81.3 Å². The van der Waals surface area contributed by atoms with Crippen LogP contribution >= 0.6 is 0 Å². The molecule has 3 heteroatoms. The molecule has 0 spiro atoms. The van der Waals surface area contributed by atoms with Crippen LogP contribution in [0, 0.1) is 29.6 Å². The Morgan fingerprint density at radius 1 is 0.839 bits per heavy atom. The average Bonchev–Trinajstić information content (AvgIpc) is 2.78. The third-order valence-corrected chi connectivity index (χ3v) is 7.81. The van der Waals surface area contributed by atoms with Gasteiger partial charge in [0.25, 0.3) is 0 Å². The van der Waals surface area contributed by atoms with Crippen LogP contribution in [0.15, 0.2) is 28.2 Å². The summed E-state index contributed by atoms with van der Waals surface area (Å²) in [6.45, 7) is 14.7. The molecule has 31 heavy (non-hydrogen) atoms. The number of rotatable bonds is 7. The molecule has 3 nitrogen and oxygen atoms in total. The molecule has 2 fully saturated rings. The lowest BCUT2D eigenvalue weighted by Gasteiger charge is -2.40. The first-order valence-corrected chi connectivity index (χ1v) is 12.9. The van der Waals surface area contributed by atoms with Gasteiger partial charge in [0.1, 0.15) is 0 Å². The fourth-order valence-electron chi connectivity index (χ4n) is 5.74. The van der Waals surface area contributed by atoms with Crippen LogP contribution in [0.3, 0.4) is 0 Å². The van der Waals surface area contributed by atoms with Crippen molar-refractivity contribution in [3.05, 3.63) is 29.6 Å². The van der Waals surface area contributed by atoms with Gasteiger partial charge in [-0.2, -0.15) is 0 Å². The van der Waals surface area contributed by atoms with E-state index in [1.165, 1.54) is 51.4 Å². The Morgan fingerprint density at radius 2 is 1.42 bits per heavy atom. The molecule has 2 aliphatic rings. The summed E-state index contributed by atoms with van der Waals surface area (Å²) in [6.07, 6.45) is 10.8. The summed E-state index contributed by atoms with van der Waals surface area (Å²) in [4.78, 5) is 15.2. The molecule has 2 unspecified atom stereocenters. The van der Waals surface area contributed by atoms with Crippen LogP contribution in [-0.4, -0.2) is 29.0 Å². The van der Waals surface area contributed by atoms with Crippen molar-refractivity contribution in [2.45, 2.75) is 99.0 Å². The van der Waals surface area contributed by atoms with E-state index < -0.39 is 0 Å². The highest BCUT2D eigenvalue weighted by Crippen LogP contribution is 2.39. The normalized spacial score (nSPS) is 26.6. The van der Waals surface area contributed by atoms with Crippen molar-refractivity contribution >= 4 is 11.4 Å². The molecule has 1 aromatic heterocycles. The quantitative estimate of drug-likeness (QED) is 0.422. The van der Waals surface area contributed by atoms with Gasteiger partial charge in [-0.15, -0.1) is 0 Å². The highest BCUT2D eigenvalue weighted by molar-refractivity contribution is 6.00. The first-order valence-electron chi connectivity index (χ1n) is 12.9. The van der Waals surface area contributed by atoms with Gasteiger partial charge in [0, 0.05) is 6.54 Å². The first kappa shape index (κ1) is 24.1. The van der Waals surface area contributed by atoms with E-state index in [4.69, 9.17) is 15.0 Å². The van der Waals surface area contributed by atoms with Gasteiger partial charge in [-0.1, -0.05) is 59.4 Å². The Labute approximate surface area is 191 Å². The van der Waals surface area contributed by atoms with Gasteiger partial charge in [0.15, 0.2) is 0 Å². The van der Waals surface area contributed by atoms with Crippen molar-refractivity contribution in [2.75, 3.05) is 6.54 Å². The number of hydrogen-bond acceptors (Lipinski definition) is 3.